The number of benzene rings is 1. The number of alkyl halides is 2. The molecule has 8 heteroatoms. The molecule has 1 aromatic rings. The van der Waals surface area contributed by atoms with E-state index in [1.165, 1.54) is 31.3 Å². The van der Waals surface area contributed by atoms with Crippen LogP contribution in [0.5, 0.6) is 0 Å². The minimum Gasteiger partial charge on any atom is -0.462 e. The Labute approximate surface area is 127 Å². The SMILES string of the molecule is CNS(=O)(=O)c1ccc(C(=O)OCC2CC2(Cl)Cl)cc1. The predicted octanol–water partition coefficient (Wildman–Crippen LogP) is 1.95. The van der Waals surface area contributed by atoms with E-state index in [1.54, 1.807) is 0 Å². The van der Waals surface area contributed by atoms with Crippen molar-refractivity contribution in [2.24, 2.45) is 5.92 Å². The van der Waals surface area contributed by atoms with Gasteiger partial charge in [0, 0.05) is 5.92 Å². The molecule has 0 aliphatic heterocycles. The summed E-state index contributed by atoms with van der Waals surface area (Å²) in [4.78, 5) is 11.8. The van der Waals surface area contributed by atoms with Crippen LogP contribution in [0.25, 0.3) is 0 Å². The Morgan fingerprint density at radius 1 is 1.40 bits per heavy atom. The van der Waals surface area contributed by atoms with Crippen molar-refractivity contribution in [3.8, 4) is 0 Å². The maximum atomic E-state index is 11.7. The van der Waals surface area contributed by atoms with E-state index < -0.39 is 20.3 Å². The lowest BCUT2D eigenvalue weighted by Crippen LogP contribution is -2.18. The van der Waals surface area contributed by atoms with Gasteiger partial charge in [-0.05, 0) is 37.7 Å². The molecule has 0 radical (unpaired) electrons. The molecule has 0 saturated heterocycles. The molecule has 0 heterocycles. The van der Waals surface area contributed by atoms with Crippen molar-refractivity contribution in [2.75, 3.05) is 13.7 Å². The van der Waals surface area contributed by atoms with Crippen LogP contribution in [-0.2, 0) is 14.8 Å². The fourth-order valence-corrected chi connectivity index (χ4v) is 2.83. The standard InChI is InChI=1S/C12H13Cl2NO4S/c1-15-20(17,18)10-4-2-8(3-5-10)11(16)19-7-9-6-12(9,13)14/h2-5,9,15H,6-7H2,1H3. The third kappa shape index (κ3) is 3.44. The third-order valence-corrected chi connectivity index (χ3v) is 5.40. The van der Waals surface area contributed by atoms with E-state index in [0.717, 1.165) is 0 Å². The van der Waals surface area contributed by atoms with Gasteiger partial charge in [0.2, 0.25) is 10.0 Å². The summed E-state index contributed by atoms with van der Waals surface area (Å²) in [7, 11) is -2.19. The summed E-state index contributed by atoms with van der Waals surface area (Å²) in [5.41, 5.74) is 0.274. The molecular formula is C12H13Cl2NO4S. The van der Waals surface area contributed by atoms with E-state index in [1.807, 2.05) is 0 Å². The van der Waals surface area contributed by atoms with Gasteiger partial charge in [0.1, 0.15) is 4.33 Å². The number of halogens is 2. The van der Waals surface area contributed by atoms with E-state index in [0.29, 0.717) is 6.42 Å². The highest BCUT2D eigenvalue weighted by Crippen LogP contribution is 2.53. The van der Waals surface area contributed by atoms with Crippen LogP contribution in [0.3, 0.4) is 0 Å². The maximum absolute atomic E-state index is 11.7. The molecule has 1 fully saturated rings. The first-order valence-corrected chi connectivity index (χ1v) is 8.09. The number of esters is 1. The average Bonchev–Trinajstić information content (AvgIpc) is 3.03. The predicted molar refractivity (Wildman–Crippen MR) is 75.5 cm³/mol. The Hall–Kier alpha value is -0.820. The number of rotatable bonds is 5. The molecule has 1 unspecified atom stereocenters. The van der Waals surface area contributed by atoms with Gasteiger partial charge < -0.3 is 4.74 Å². The first-order chi connectivity index (χ1) is 9.26. The van der Waals surface area contributed by atoms with Gasteiger partial charge in [0.05, 0.1) is 17.1 Å². The largest absolute Gasteiger partial charge is 0.462 e. The van der Waals surface area contributed by atoms with E-state index in [2.05, 4.69) is 4.72 Å². The summed E-state index contributed by atoms with van der Waals surface area (Å²) in [6, 6.07) is 5.47. The number of carbonyl (C=O) groups excluding carboxylic acids is 1. The molecule has 110 valence electrons. The summed E-state index contributed by atoms with van der Waals surface area (Å²) in [5.74, 6) is -0.576. The molecule has 0 aromatic heterocycles. The lowest BCUT2D eigenvalue weighted by atomic mass is 10.2. The third-order valence-electron chi connectivity index (χ3n) is 3.04. The zero-order valence-electron chi connectivity index (χ0n) is 10.6. The van der Waals surface area contributed by atoms with Crippen LogP contribution in [0.4, 0.5) is 0 Å². The minimum absolute atomic E-state index is 0.0428. The molecule has 2 rings (SSSR count). The first-order valence-electron chi connectivity index (χ1n) is 5.85. The van der Waals surface area contributed by atoms with E-state index >= 15 is 0 Å². The topological polar surface area (TPSA) is 72.5 Å². The zero-order chi connectivity index (χ0) is 15.0. The number of ether oxygens (including phenoxy) is 1. The number of sulfonamides is 1. The van der Waals surface area contributed by atoms with E-state index in [4.69, 9.17) is 27.9 Å². The Kier molecular flexibility index (Phi) is 4.30. The minimum atomic E-state index is -3.51. The second-order valence-electron chi connectivity index (χ2n) is 4.49. The highest BCUT2D eigenvalue weighted by atomic mass is 35.5. The Bertz CT molecular complexity index is 613. The number of hydrogen-bond donors (Lipinski definition) is 1. The summed E-state index contributed by atoms with van der Waals surface area (Å²) < 4.78 is 29.5. The summed E-state index contributed by atoms with van der Waals surface area (Å²) in [6.07, 6.45) is 0.600. The smallest absolute Gasteiger partial charge is 0.338 e. The Balaban J connectivity index is 1.98. The summed E-state index contributed by atoms with van der Waals surface area (Å²) in [6.45, 7) is 0.155. The van der Waals surface area contributed by atoms with Crippen LogP contribution >= 0.6 is 23.2 Å². The highest BCUT2D eigenvalue weighted by molar-refractivity contribution is 7.89. The Morgan fingerprint density at radius 2 is 1.95 bits per heavy atom. The summed E-state index contributed by atoms with van der Waals surface area (Å²) >= 11 is 11.6. The van der Waals surface area contributed by atoms with Crippen molar-refractivity contribution in [3.63, 3.8) is 0 Å². The number of hydrogen-bond acceptors (Lipinski definition) is 4. The van der Waals surface area contributed by atoms with Crippen molar-refractivity contribution in [3.05, 3.63) is 29.8 Å². The van der Waals surface area contributed by atoms with Crippen LogP contribution in [0.15, 0.2) is 29.2 Å². The lowest BCUT2D eigenvalue weighted by Gasteiger charge is -2.06. The van der Waals surface area contributed by atoms with Crippen LogP contribution in [0, 0.1) is 5.92 Å². The average molecular weight is 338 g/mol. The highest BCUT2D eigenvalue weighted by Gasteiger charge is 2.52. The fourth-order valence-electron chi connectivity index (χ4n) is 1.60. The van der Waals surface area contributed by atoms with Gasteiger partial charge in [-0.2, -0.15) is 0 Å². The molecule has 1 aliphatic rings. The van der Waals surface area contributed by atoms with Crippen molar-refractivity contribution in [1.82, 2.24) is 4.72 Å². The quantitative estimate of drug-likeness (QED) is 0.658. The molecule has 1 N–H and O–H groups in total. The second kappa shape index (κ2) is 5.52. The van der Waals surface area contributed by atoms with Gasteiger partial charge in [-0.1, -0.05) is 0 Å². The number of carbonyl (C=O) groups is 1. The van der Waals surface area contributed by atoms with Crippen LogP contribution in [0.1, 0.15) is 16.8 Å². The molecule has 1 aliphatic carbocycles. The summed E-state index contributed by atoms with van der Waals surface area (Å²) in [5, 5.41) is 0. The molecule has 0 bridgehead atoms. The van der Waals surface area contributed by atoms with E-state index in [-0.39, 0.29) is 23.0 Å². The van der Waals surface area contributed by atoms with Gasteiger partial charge in [-0.3, -0.25) is 0 Å². The molecular weight excluding hydrogens is 325 g/mol. The van der Waals surface area contributed by atoms with Gasteiger partial charge in [-0.15, -0.1) is 23.2 Å². The van der Waals surface area contributed by atoms with Gasteiger partial charge in [0.15, 0.2) is 0 Å². The molecule has 1 atom stereocenters. The molecule has 1 saturated carbocycles. The van der Waals surface area contributed by atoms with Crippen molar-refractivity contribution >= 4 is 39.2 Å². The van der Waals surface area contributed by atoms with Crippen molar-refractivity contribution < 1.29 is 17.9 Å². The van der Waals surface area contributed by atoms with Crippen molar-refractivity contribution in [1.29, 1.82) is 0 Å². The normalized spacial score (nSPS) is 20.4. The Morgan fingerprint density at radius 3 is 2.40 bits per heavy atom. The zero-order valence-corrected chi connectivity index (χ0v) is 12.9. The maximum Gasteiger partial charge on any atom is 0.338 e. The molecule has 0 spiro atoms. The van der Waals surface area contributed by atoms with Crippen LogP contribution < -0.4 is 4.72 Å². The van der Waals surface area contributed by atoms with Gasteiger partial charge in [0.25, 0.3) is 0 Å². The van der Waals surface area contributed by atoms with Gasteiger partial charge in [-0.25, -0.2) is 17.9 Å². The first kappa shape index (κ1) is 15.6. The van der Waals surface area contributed by atoms with Crippen LogP contribution in [0.2, 0.25) is 0 Å². The molecule has 1 aromatic carbocycles. The second-order valence-corrected chi connectivity index (χ2v) is 7.92. The van der Waals surface area contributed by atoms with Crippen LogP contribution in [-0.4, -0.2) is 32.4 Å². The molecule has 5 nitrogen and oxygen atoms in total. The lowest BCUT2D eigenvalue weighted by molar-refractivity contribution is 0.0485. The van der Waals surface area contributed by atoms with Crippen molar-refractivity contribution in [2.45, 2.75) is 15.6 Å². The number of nitrogens with one attached hydrogen (secondary N) is 1. The van der Waals surface area contributed by atoms with E-state index in [9.17, 15) is 13.2 Å². The molecule has 20 heavy (non-hydrogen) atoms. The monoisotopic (exact) mass is 337 g/mol. The van der Waals surface area contributed by atoms with Gasteiger partial charge >= 0.3 is 5.97 Å². The fraction of sp³-hybridized carbons (Fsp3) is 0.417. The molecule has 0 amide bonds.